The van der Waals surface area contributed by atoms with Gasteiger partial charge in [0.2, 0.25) is 0 Å². The minimum Gasteiger partial charge on any atom is -1.00 e. The van der Waals surface area contributed by atoms with E-state index in [4.69, 9.17) is 0 Å². The van der Waals surface area contributed by atoms with Gasteiger partial charge in [-0.05, 0) is 6.42 Å². The van der Waals surface area contributed by atoms with Gasteiger partial charge in [-0.25, -0.2) is 0 Å². The maximum atomic E-state index is 2.35. The number of rotatable bonds is 3. The SMILES string of the molecule is CCCCc1[cH-]c2ccccc2c1C.C[Si]C.[Br-].[Br-].[Zr+3]. The van der Waals surface area contributed by atoms with E-state index in [-0.39, 0.29) is 60.2 Å². The molecule has 0 aromatic heterocycles. The standard InChI is InChI=1S/C14H17.C2H6Si.2BrH.Zr/c1-3-4-7-12-10-13-8-5-6-9-14(13)11(12)2;1-3-2;;;/h5-6,8-10H,3-4,7H2,1-2H3;1-2H3;2*1H;/q-1;;;;+3/p-2. The van der Waals surface area contributed by atoms with Crippen LogP contribution >= 0.6 is 0 Å². The van der Waals surface area contributed by atoms with Gasteiger partial charge in [0.1, 0.15) is 0 Å². The van der Waals surface area contributed by atoms with Gasteiger partial charge in [-0.1, -0.05) is 45.8 Å². The van der Waals surface area contributed by atoms with Gasteiger partial charge in [0, 0.05) is 9.52 Å². The first-order valence-corrected chi connectivity index (χ1v) is 8.47. The number of halogens is 2. The normalized spacial score (nSPS) is 8.60. The summed E-state index contributed by atoms with van der Waals surface area (Å²) in [4.78, 5) is 0. The fraction of sp³-hybridized carbons (Fsp3) is 0.438. The second-order valence-corrected chi connectivity index (χ2v) is 5.49. The average Bonchev–Trinajstić information content (AvgIpc) is 2.65. The Hall–Kier alpha value is 0.890. The van der Waals surface area contributed by atoms with Crippen LogP contribution in [-0.4, -0.2) is 9.52 Å². The van der Waals surface area contributed by atoms with Crippen LogP contribution in [0, 0.1) is 6.92 Å². The van der Waals surface area contributed by atoms with Gasteiger partial charge in [0.05, 0.1) is 0 Å². The Labute approximate surface area is 167 Å². The molecule has 4 heteroatoms. The minimum absolute atomic E-state index is 0. The number of fused-ring (bicyclic) bond motifs is 1. The van der Waals surface area contributed by atoms with E-state index in [9.17, 15) is 0 Å². The van der Waals surface area contributed by atoms with Gasteiger partial charge in [-0.2, -0.15) is 5.56 Å². The summed E-state index contributed by atoms with van der Waals surface area (Å²) in [7, 11) is 1.08. The van der Waals surface area contributed by atoms with Crippen molar-refractivity contribution in [2.75, 3.05) is 0 Å². The van der Waals surface area contributed by atoms with Gasteiger partial charge in [0.15, 0.2) is 0 Å². The van der Waals surface area contributed by atoms with Crippen molar-refractivity contribution in [1.29, 1.82) is 0 Å². The summed E-state index contributed by atoms with van der Waals surface area (Å²) in [5.41, 5.74) is 3.02. The maximum Gasteiger partial charge on any atom is 3.00 e. The van der Waals surface area contributed by atoms with Crippen LogP contribution < -0.4 is 34.0 Å². The summed E-state index contributed by atoms with van der Waals surface area (Å²) < 4.78 is 0. The van der Waals surface area contributed by atoms with Gasteiger partial charge >= 0.3 is 26.2 Å². The van der Waals surface area contributed by atoms with E-state index >= 15 is 0 Å². The van der Waals surface area contributed by atoms with Crippen LogP contribution in [-0.2, 0) is 32.6 Å². The van der Waals surface area contributed by atoms with Crippen LogP contribution in [0.2, 0.25) is 13.1 Å². The molecule has 109 valence electrons. The molecule has 0 N–H and O–H groups in total. The van der Waals surface area contributed by atoms with E-state index < -0.39 is 0 Å². The first-order valence-electron chi connectivity index (χ1n) is 6.47. The van der Waals surface area contributed by atoms with Crippen molar-refractivity contribution < 1.29 is 60.2 Å². The van der Waals surface area contributed by atoms with Crippen LogP contribution in [0.25, 0.3) is 10.8 Å². The number of hydrogen-bond acceptors (Lipinski definition) is 0. The summed E-state index contributed by atoms with van der Waals surface area (Å²) in [5, 5.41) is 2.83. The fourth-order valence-corrected chi connectivity index (χ4v) is 2.06. The van der Waals surface area contributed by atoms with E-state index in [0.29, 0.717) is 0 Å². The van der Waals surface area contributed by atoms with Crippen molar-refractivity contribution >= 4 is 20.3 Å². The minimum atomic E-state index is 0. The van der Waals surface area contributed by atoms with Crippen molar-refractivity contribution in [3.05, 3.63) is 41.5 Å². The Morgan fingerprint density at radius 1 is 1.10 bits per heavy atom. The quantitative estimate of drug-likeness (QED) is 0.380. The van der Waals surface area contributed by atoms with E-state index in [0.717, 1.165) is 9.52 Å². The summed E-state index contributed by atoms with van der Waals surface area (Å²) in [6.45, 7) is 8.80. The molecule has 0 bridgehead atoms. The molecule has 0 aliphatic rings. The number of aryl methyl sites for hydroxylation is 2. The Bertz CT molecular complexity index is 455. The monoisotopic (exact) mass is 491 g/mol. The van der Waals surface area contributed by atoms with E-state index in [1.807, 2.05) is 0 Å². The largest absolute Gasteiger partial charge is 3.00 e. The predicted octanol–water partition coefficient (Wildman–Crippen LogP) is -0.998. The van der Waals surface area contributed by atoms with Crippen LogP contribution in [0.3, 0.4) is 0 Å². The van der Waals surface area contributed by atoms with Crippen molar-refractivity contribution in [2.45, 2.75) is 46.2 Å². The molecule has 2 aromatic rings. The topological polar surface area (TPSA) is 0 Å². The molecule has 0 aliphatic carbocycles. The van der Waals surface area contributed by atoms with E-state index in [2.05, 4.69) is 57.3 Å². The molecule has 0 spiro atoms. The van der Waals surface area contributed by atoms with Crippen LogP contribution in [0.1, 0.15) is 30.9 Å². The molecule has 0 saturated heterocycles. The van der Waals surface area contributed by atoms with Crippen molar-refractivity contribution in [3.8, 4) is 0 Å². The molecule has 0 nitrogen and oxygen atoms in total. The number of hydrogen-bond donors (Lipinski definition) is 0. The maximum absolute atomic E-state index is 2.35. The first kappa shape index (κ1) is 25.8. The zero-order valence-corrected chi connectivity index (χ0v) is 19.4. The molecule has 0 fully saturated rings. The first-order chi connectivity index (χ1) is 8.24. The Balaban J connectivity index is -0.000000445. The zero-order valence-electron chi connectivity index (χ0n) is 12.8. The van der Waals surface area contributed by atoms with Crippen molar-refractivity contribution in [1.82, 2.24) is 0 Å². The van der Waals surface area contributed by atoms with E-state index in [1.54, 1.807) is 0 Å². The average molecular weight is 494 g/mol. The summed E-state index contributed by atoms with van der Waals surface area (Å²) in [6.07, 6.45) is 3.81. The van der Waals surface area contributed by atoms with Gasteiger partial charge in [-0.15, -0.1) is 40.6 Å². The smallest absolute Gasteiger partial charge is 1.00 e. The van der Waals surface area contributed by atoms with Crippen molar-refractivity contribution in [3.63, 3.8) is 0 Å². The Morgan fingerprint density at radius 2 is 1.65 bits per heavy atom. The van der Waals surface area contributed by atoms with Gasteiger partial charge in [-0.3, -0.25) is 0 Å². The van der Waals surface area contributed by atoms with Crippen LogP contribution in [0.4, 0.5) is 0 Å². The third-order valence-corrected chi connectivity index (χ3v) is 2.98. The molecule has 0 atom stereocenters. The number of benzene rings is 1. The van der Waals surface area contributed by atoms with Crippen LogP contribution in [0.5, 0.6) is 0 Å². The Morgan fingerprint density at radius 3 is 2.15 bits per heavy atom. The molecule has 20 heavy (non-hydrogen) atoms. The molecule has 0 heterocycles. The third kappa shape index (κ3) is 7.77. The summed E-state index contributed by atoms with van der Waals surface area (Å²) in [5.74, 6) is 0. The molecule has 0 aliphatic heterocycles. The molecular formula is C16H23Br2SiZr. The van der Waals surface area contributed by atoms with Gasteiger partial charge < -0.3 is 34.0 Å². The van der Waals surface area contributed by atoms with Crippen LogP contribution in [0.15, 0.2) is 30.3 Å². The second-order valence-electron chi connectivity index (χ2n) is 4.49. The van der Waals surface area contributed by atoms with E-state index in [1.165, 1.54) is 41.2 Å². The van der Waals surface area contributed by atoms with Gasteiger partial charge in [0.25, 0.3) is 0 Å². The molecule has 0 amide bonds. The molecule has 0 unspecified atom stereocenters. The zero-order chi connectivity index (χ0) is 12.7. The summed E-state index contributed by atoms with van der Waals surface area (Å²) >= 11 is 0. The Kier molecular flexibility index (Phi) is 19.1. The molecule has 3 radical (unpaired) electrons. The van der Waals surface area contributed by atoms with Crippen molar-refractivity contribution in [2.24, 2.45) is 0 Å². The second kappa shape index (κ2) is 14.8. The molecular weight excluding hydrogens is 471 g/mol. The summed E-state index contributed by atoms with van der Waals surface area (Å²) in [6, 6.07) is 11.0. The fourth-order valence-electron chi connectivity index (χ4n) is 2.06. The molecule has 2 aromatic carbocycles. The predicted molar refractivity (Wildman–Crippen MR) is 80.4 cm³/mol. The third-order valence-electron chi connectivity index (χ3n) is 2.98. The number of unbranched alkanes of at least 4 members (excludes halogenated alkanes) is 1. The molecule has 0 saturated carbocycles. The molecule has 2 rings (SSSR count).